The maximum absolute atomic E-state index is 6.84. The summed E-state index contributed by atoms with van der Waals surface area (Å²) in [6.07, 6.45) is 6.34. The van der Waals surface area contributed by atoms with Gasteiger partial charge in [-0.15, -0.1) is 0 Å². The third kappa shape index (κ3) is 3.62. The molecule has 4 rings (SSSR count). The van der Waals surface area contributed by atoms with Crippen LogP contribution in [0, 0.1) is 0 Å². The molecule has 0 unspecified atom stereocenters. The van der Waals surface area contributed by atoms with Crippen LogP contribution < -0.4 is 4.90 Å². The lowest BCUT2D eigenvalue weighted by atomic mass is 9.86. The molecule has 1 heterocycles. The third-order valence-electron chi connectivity index (χ3n) is 5.41. The van der Waals surface area contributed by atoms with Gasteiger partial charge >= 0.3 is 0 Å². The molecule has 28 heavy (non-hydrogen) atoms. The number of rotatable bonds is 3. The summed E-state index contributed by atoms with van der Waals surface area (Å²) in [5.41, 5.74) is 5.71. The number of halogens is 2. The molecule has 0 aliphatic heterocycles. The van der Waals surface area contributed by atoms with Crippen LogP contribution in [0.15, 0.2) is 57.6 Å². The van der Waals surface area contributed by atoms with Crippen molar-refractivity contribution in [3.63, 3.8) is 0 Å². The number of hydrogen-bond donors (Lipinski definition) is 0. The lowest BCUT2D eigenvalue weighted by Gasteiger charge is -2.29. The topological polar surface area (TPSA) is 16.4 Å². The Bertz CT molecular complexity index is 988. The summed E-state index contributed by atoms with van der Waals surface area (Å²) in [5.74, 6) is 1.12. The van der Waals surface area contributed by atoms with E-state index in [1.54, 1.807) is 0 Å². The Kier molecular flexibility index (Phi) is 5.32. The first-order valence-electron chi connectivity index (χ1n) is 9.80. The van der Waals surface area contributed by atoms with E-state index in [2.05, 4.69) is 78.0 Å². The number of hydrogen-bond acceptors (Lipinski definition) is 2. The number of fused-ring (bicyclic) bond motifs is 1. The monoisotopic (exact) mass is 457 g/mol. The molecule has 2 nitrogen and oxygen atoms in total. The molecule has 3 aromatic rings. The van der Waals surface area contributed by atoms with Gasteiger partial charge < -0.3 is 9.32 Å². The van der Waals surface area contributed by atoms with Gasteiger partial charge in [0.2, 0.25) is 0 Å². The molecule has 1 aromatic heterocycles. The summed E-state index contributed by atoms with van der Waals surface area (Å²) >= 11 is 10.5. The van der Waals surface area contributed by atoms with Gasteiger partial charge in [0.1, 0.15) is 12.0 Å². The normalized spacial score (nSPS) is 14.0. The number of aryl methyl sites for hydroxylation is 1. The average molecular weight is 459 g/mol. The van der Waals surface area contributed by atoms with E-state index in [0.29, 0.717) is 5.02 Å². The van der Waals surface area contributed by atoms with Gasteiger partial charge in [-0.2, -0.15) is 0 Å². The molecule has 1 aliphatic rings. The van der Waals surface area contributed by atoms with Crippen LogP contribution >= 0.6 is 27.5 Å². The van der Waals surface area contributed by atoms with Gasteiger partial charge in [0.25, 0.3) is 0 Å². The summed E-state index contributed by atoms with van der Waals surface area (Å²) in [5, 5.41) is 0.711. The fourth-order valence-corrected chi connectivity index (χ4v) is 4.46. The molecule has 0 amide bonds. The van der Waals surface area contributed by atoms with Crippen LogP contribution in [-0.4, -0.2) is 0 Å². The van der Waals surface area contributed by atoms with E-state index in [9.17, 15) is 0 Å². The van der Waals surface area contributed by atoms with Crippen LogP contribution in [0.1, 0.15) is 50.5 Å². The summed E-state index contributed by atoms with van der Waals surface area (Å²) in [6, 6.07) is 14.7. The third-order valence-corrected chi connectivity index (χ3v) is 6.66. The molecular formula is C24H25BrClNO. The van der Waals surface area contributed by atoms with Crippen molar-refractivity contribution in [2.24, 2.45) is 0 Å². The van der Waals surface area contributed by atoms with Crippen LogP contribution in [0.4, 0.5) is 17.1 Å². The Labute approximate surface area is 180 Å². The first-order valence-corrected chi connectivity index (χ1v) is 11.0. The smallest absolute Gasteiger partial charge is 0.115 e. The van der Waals surface area contributed by atoms with Crippen LogP contribution in [0.3, 0.4) is 0 Å². The maximum Gasteiger partial charge on any atom is 0.115 e. The van der Waals surface area contributed by atoms with Crippen molar-refractivity contribution in [1.29, 1.82) is 0 Å². The molecule has 0 bridgehead atoms. The number of anilines is 3. The van der Waals surface area contributed by atoms with Crippen LogP contribution in [-0.2, 0) is 18.3 Å². The van der Waals surface area contributed by atoms with Crippen LogP contribution in [0.5, 0.6) is 0 Å². The average Bonchev–Trinajstić information content (AvgIpc) is 3.09. The Hall–Kier alpha value is -1.71. The van der Waals surface area contributed by atoms with Gasteiger partial charge in [-0.25, -0.2) is 0 Å². The molecule has 0 N–H and O–H groups in total. The van der Waals surface area contributed by atoms with Gasteiger partial charge in [-0.1, -0.05) is 50.6 Å². The molecule has 0 atom stereocenters. The van der Waals surface area contributed by atoms with Crippen LogP contribution in [0.2, 0.25) is 5.02 Å². The van der Waals surface area contributed by atoms with Crippen LogP contribution in [0.25, 0.3) is 0 Å². The zero-order chi connectivity index (χ0) is 19.9. The predicted octanol–water partition coefficient (Wildman–Crippen LogP) is 8.34. The SMILES string of the molecule is CC(C)(C)c1cc(Br)c(Cl)c(N(c2ccccc2)c2coc3c2CCCC3)c1. The number of benzene rings is 2. The number of nitrogens with zero attached hydrogens (tertiary/aromatic N) is 1. The Morgan fingerprint density at radius 3 is 2.43 bits per heavy atom. The van der Waals surface area contributed by atoms with Gasteiger partial charge in [0.15, 0.2) is 0 Å². The zero-order valence-electron chi connectivity index (χ0n) is 16.6. The standard InChI is InChI=1S/C24H25BrClNO/c1-24(2,3)16-13-19(25)23(26)20(14-16)27(17-9-5-4-6-10-17)21-15-28-22-12-8-7-11-18(21)22/h4-6,9-10,13-15H,7-8,11-12H2,1-3H3. The van der Waals surface area contributed by atoms with Crippen molar-refractivity contribution in [1.82, 2.24) is 0 Å². The molecule has 1 aliphatic carbocycles. The minimum atomic E-state index is 0.0139. The molecule has 2 aromatic carbocycles. The lowest BCUT2D eigenvalue weighted by molar-refractivity contribution is 0.478. The van der Waals surface area contributed by atoms with E-state index < -0.39 is 0 Å². The second kappa shape index (κ2) is 7.61. The fourth-order valence-electron chi connectivity index (χ4n) is 3.82. The minimum Gasteiger partial charge on any atom is -0.467 e. The van der Waals surface area contributed by atoms with Crippen molar-refractivity contribution < 1.29 is 4.42 Å². The summed E-state index contributed by atoms with van der Waals surface area (Å²) in [6.45, 7) is 6.66. The molecule has 0 spiro atoms. The van der Waals surface area contributed by atoms with Crippen molar-refractivity contribution >= 4 is 44.6 Å². The molecule has 0 radical (unpaired) electrons. The Morgan fingerprint density at radius 1 is 1.00 bits per heavy atom. The first kappa shape index (κ1) is 19.6. The highest BCUT2D eigenvalue weighted by atomic mass is 79.9. The van der Waals surface area contributed by atoms with E-state index in [0.717, 1.165) is 40.1 Å². The first-order chi connectivity index (χ1) is 13.4. The van der Waals surface area contributed by atoms with E-state index in [4.69, 9.17) is 16.0 Å². The van der Waals surface area contributed by atoms with E-state index in [1.165, 1.54) is 24.0 Å². The maximum atomic E-state index is 6.84. The highest BCUT2D eigenvalue weighted by molar-refractivity contribution is 9.10. The van der Waals surface area contributed by atoms with Crippen molar-refractivity contribution in [2.75, 3.05) is 4.90 Å². The molecular weight excluding hydrogens is 434 g/mol. The van der Waals surface area contributed by atoms with E-state index in [1.807, 2.05) is 12.3 Å². The largest absolute Gasteiger partial charge is 0.467 e. The number of para-hydroxylation sites is 1. The summed E-state index contributed by atoms with van der Waals surface area (Å²) < 4.78 is 6.89. The van der Waals surface area contributed by atoms with Gasteiger partial charge in [-0.05, 0) is 70.4 Å². The molecule has 0 saturated heterocycles. The second-order valence-corrected chi connectivity index (χ2v) is 9.67. The van der Waals surface area contributed by atoms with Crippen molar-refractivity contribution in [3.05, 3.63) is 75.1 Å². The Balaban J connectivity index is 1.96. The predicted molar refractivity (Wildman–Crippen MR) is 121 cm³/mol. The van der Waals surface area contributed by atoms with Gasteiger partial charge in [-0.3, -0.25) is 0 Å². The fraction of sp³-hybridized carbons (Fsp3) is 0.333. The zero-order valence-corrected chi connectivity index (χ0v) is 18.9. The molecule has 146 valence electrons. The van der Waals surface area contributed by atoms with E-state index >= 15 is 0 Å². The summed E-state index contributed by atoms with van der Waals surface area (Å²) in [4.78, 5) is 2.25. The number of furan rings is 1. The van der Waals surface area contributed by atoms with E-state index in [-0.39, 0.29) is 5.41 Å². The highest BCUT2D eigenvalue weighted by Gasteiger charge is 2.27. The summed E-state index contributed by atoms with van der Waals surface area (Å²) in [7, 11) is 0. The van der Waals surface area contributed by atoms with Gasteiger partial charge in [0, 0.05) is 22.1 Å². The minimum absolute atomic E-state index is 0.0139. The molecule has 0 saturated carbocycles. The second-order valence-electron chi connectivity index (χ2n) is 8.44. The quantitative estimate of drug-likeness (QED) is 0.392. The molecule has 4 heteroatoms. The lowest BCUT2D eigenvalue weighted by Crippen LogP contribution is -2.16. The molecule has 0 fully saturated rings. The highest BCUT2D eigenvalue weighted by Crippen LogP contribution is 2.46. The van der Waals surface area contributed by atoms with Crippen molar-refractivity contribution in [3.8, 4) is 0 Å². The van der Waals surface area contributed by atoms with Gasteiger partial charge in [0.05, 0.1) is 16.4 Å². The van der Waals surface area contributed by atoms with Crippen molar-refractivity contribution in [2.45, 2.75) is 51.9 Å². The Morgan fingerprint density at radius 2 is 1.71 bits per heavy atom.